The Hall–Kier alpha value is -10.3. The summed E-state index contributed by atoms with van der Waals surface area (Å²) in [5.74, 6) is 0. The Bertz CT molecular complexity index is 3930. The Labute approximate surface area is 365 Å². The van der Waals surface area contributed by atoms with Crippen molar-refractivity contribution in [2.24, 2.45) is 0 Å². The van der Waals surface area contributed by atoms with Crippen LogP contribution in [0.1, 0.15) is 22.3 Å². The Morgan fingerprint density at radius 3 is 1.53 bits per heavy atom. The van der Waals surface area contributed by atoms with Gasteiger partial charge in [0.25, 0.3) is 0 Å². The molecular formula is C54H24N10. The summed E-state index contributed by atoms with van der Waals surface area (Å²) >= 11 is 0. The molecule has 7 aromatic carbocycles. The van der Waals surface area contributed by atoms with Crippen LogP contribution in [0.3, 0.4) is 0 Å². The molecule has 0 radical (unpaired) electrons. The maximum absolute atomic E-state index is 10.3. The van der Waals surface area contributed by atoms with E-state index in [0.717, 1.165) is 66.1 Å². The smallest absolute Gasteiger partial charge is 0.189 e. The number of nitriles is 4. The summed E-state index contributed by atoms with van der Waals surface area (Å²) in [4.78, 5) is 15.5. The van der Waals surface area contributed by atoms with Crippen molar-refractivity contribution in [3.05, 3.63) is 202 Å². The van der Waals surface area contributed by atoms with Gasteiger partial charge in [-0.25, -0.2) is 14.5 Å². The summed E-state index contributed by atoms with van der Waals surface area (Å²) in [7, 11) is 0. The Morgan fingerprint density at radius 2 is 0.984 bits per heavy atom. The number of hydrogen-bond donors (Lipinski definition) is 0. The summed E-state index contributed by atoms with van der Waals surface area (Å²) in [5, 5.41) is 43.8. The highest BCUT2D eigenvalue weighted by Crippen LogP contribution is 2.45. The van der Waals surface area contributed by atoms with Gasteiger partial charge in [0.05, 0.1) is 100 Å². The van der Waals surface area contributed by atoms with E-state index >= 15 is 0 Å². The molecule has 3 aromatic heterocycles. The zero-order valence-electron chi connectivity index (χ0n) is 33.3. The molecule has 64 heavy (non-hydrogen) atoms. The van der Waals surface area contributed by atoms with Gasteiger partial charge in [0.1, 0.15) is 0 Å². The number of pyridine rings is 1. The monoisotopic (exact) mass is 812 g/mol. The molecule has 10 rings (SSSR count). The molecule has 0 fully saturated rings. The van der Waals surface area contributed by atoms with Gasteiger partial charge in [-0.15, -0.1) is 0 Å². The maximum Gasteiger partial charge on any atom is 0.189 e. The van der Waals surface area contributed by atoms with Crippen molar-refractivity contribution in [1.29, 1.82) is 21.0 Å². The van der Waals surface area contributed by atoms with Crippen LogP contribution >= 0.6 is 0 Å². The fourth-order valence-corrected chi connectivity index (χ4v) is 8.91. The molecule has 290 valence electrons. The van der Waals surface area contributed by atoms with E-state index in [1.165, 1.54) is 24.3 Å². The van der Waals surface area contributed by atoms with Crippen molar-refractivity contribution in [2.45, 2.75) is 0 Å². The fourth-order valence-electron chi connectivity index (χ4n) is 8.91. The van der Waals surface area contributed by atoms with E-state index in [1.54, 1.807) is 12.3 Å². The zero-order valence-corrected chi connectivity index (χ0v) is 33.3. The first-order valence-electron chi connectivity index (χ1n) is 19.7. The van der Waals surface area contributed by atoms with E-state index in [0.29, 0.717) is 27.8 Å². The lowest BCUT2D eigenvalue weighted by Crippen LogP contribution is -2.02. The topological polar surface area (TPSA) is 131 Å². The van der Waals surface area contributed by atoms with Crippen molar-refractivity contribution in [3.63, 3.8) is 0 Å². The minimum Gasteiger partial charge on any atom is -0.309 e. The molecule has 0 saturated carbocycles. The molecule has 0 saturated heterocycles. The standard InChI is InChI=1S/C54H24N10/c1-59-38-23-36(29-57)53(37(24-38)30-58)34-13-16-49-43(25-34)39-8-4-6-10-47(39)63(49)51-22-32(27-55)12-15-41(51)42-18-19-62-31-52(42)64-48-11-7-5-9-40(48)44-26-35(14-17-50(44)64)54-45(60-2)20-33(28-56)21-46(54)61-3/h4-26,31H. The van der Waals surface area contributed by atoms with Crippen LogP contribution in [-0.2, 0) is 0 Å². The molecule has 0 bridgehead atoms. The van der Waals surface area contributed by atoms with Gasteiger partial charge >= 0.3 is 0 Å². The van der Waals surface area contributed by atoms with Gasteiger partial charge in [-0.3, -0.25) is 4.98 Å². The Balaban J connectivity index is 1.21. The third-order valence-electron chi connectivity index (χ3n) is 11.6. The van der Waals surface area contributed by atoms with Crippen LogP contribution < -0.4 is 0 Å². The first-order valence-corrected chi connectivity index (χ1v) is 19.7. The van der Waals surface area contributed by atoms with Crippen LogP contribution in [0.15, 0.2) is 146 Å². The van der Waals surface area contributed by atoms with Crippen molar-refractivity contribution in [2.75, 3.05) is 0 Å². The first-order chi connectivity index (χ1) is 31.4. The highest BCUT2D eigenvalue weighted by molar-refractivity contribution is 6.13. The van der Waals surface area contributed by atoms with Crippen molar-refractivity contribution >= 4 is 60.7 Å². The first kappa shape index (κ1) is 38.0. The van der Waals surface area contributed by atoms with Crippen LogP contribution in [0, 0.1) is 65.0 Å². The lowest BCUT2D eigenvalue weighted by molar-refractivity contribution is 1.13. The molecule has 0 N–H and O–H groups in total. The van der Waals surface area contributed by atoms with Crippen molar-refractivity contribution < 1.29 is 0 Å². The lowest BCUT2D eigenvalue weighted by Gasteiger charge is -2.18. The summed E-state index contributed by atoms with van der Waals surface area (Å²) in [5.41, 5.74) is 10.7. The average molecular weight is 813 g/mol. The number of para-hydroxylation sites is 2. The molecule has 0 spiro atoms. The lowest BCUT2D eigenvalue weighted by atomic mass is 9.93. The predicted octanol–water partition coefficient (Wildman–Crippen LogP) is 13.4. The number of aromatic nitrogens is 3. The van der Waals surface area contributed by atoms with Crippen LogP contribution in [0.25, 0.3) is 103 Å². The molecule has 0 aliphatic carbocycles. The fraction of sp³-hybridized carbons (Fsp3) is 0. The van der Waals surface area contributed by atoms with Gasteiger partial charge in [0, 0.05) is 50.0 Å². The van der Waals surface area contributed by atoms with Crippen LogP contribution in [0.4, 0.5) is 17.1 Å². The largest absolute Gasteiger partial charge is 0.309 e. The third kappa shape index (κ3) is 5.78. The van der Waals surface area contributed by atoms with E-state index in [1.807, 2.05) is 109 Å². The molecule has 10 nitrogen and oxygen atoms in total. The van der Waals surface area contributed by atoms with Crippen molar-refractivity contribution in [3.8, 4) is 69.0 Å². The minimum absolute atomic E-state index is 0.217. The number of rotatable bonds is 5. The van der Waals surface area contributed by atoms with Crippen molar-refractivity contribution in [1.82, 2.24) is 14.1 Å². The maximum atomic E-state index is 10.3. The predicted molar refractivity (Wildman–Crippen MR) is 247 cm³/mol. The van der Waals surface area contributed by atoms with Gasteiger partial charge in [0.15, 0.2) is 17.1 Å². The van der Waals surface area contributed by atoms with E-state index in [-0.39, 0.29) is 33.8 Å². The van der Waals surface area contributed by atoms with Crippen LogP contribution in [0.2, 0.25) is 0 Å². The van der Waals surface area contributed by atoms with E-state index < -0.39 is 0 Å². The second kappa shape index (κ2) is 15.1. The molecule has 3 heterocycles. The van der Waals surface area contributed by atoms with Crippen LogP contribution in [0.5, 0.6) is 0 Å². The molecule has 0 aliphatic heterocycles. The number of benzene rings is 7. The summed E-state index contributed by atoms with van der Waals surface area (Å²) < 4.78 is 4.28. The highest BCUT2D eigenvalue weighted by Gasteiger charge is 2.23. The second-order valence-corrected chi connectivity index (χ2v) is 14.9. The molecular weight excluding hydrogens is 789 g/mol. The van der Waals surface area contributed by atoms with Gasteiger partial charge < -0.3 is 9.13 Å². The van der Waals surface area contributed by atoms with Gasteiger partial charge in [0.2, 0.25) is 0 Å². The average Bonchev–Trinajstić information content (AvgIpc) is 3.87. The quantitative estimate of drug-likeness (QED) is 0.160. The Morgan fingerprint density at radius 1 is 0.453 bits per heavy atom. The Kier molecular flexibility index (Phi) is 8.94. The van der Waals surface area contributed by atoms with Gasteiger partial charge in [-0.05, 0) is 95.6 Å². The molecule has 0 amide bonds. The van der Waals surface area contributed by atoms with E-state index in [9.17, 15) is 21.0 Å². The normalized spacial score (nSPS) is 10.7. The zero-order chi connectivity index (χ0) is 44.1. The molecule has 0 aliphatic rings. The minimum atomic E-state index is 0.217. The molecule has 0 atom stereocenters. The highest BCUT2D eigenvalue weighted by atomic mass is 15.0. The molecule has 0 unspecified atom stereocenters. The number of hydrogen-bond acceptors (Lipinski definition) is 5. The number of nitrogens with zero attached hydrogens (tertiary/aromatic N) is 10. The second-order valence-electron chi connectivity index (χ2n) is 14.9. The summed E-state index contributed by atoms with van der Waals surface area (Å²) in [6.45, 7) is 23.3. The summed E-state index contributed by atoms with van der Waals surface area (Å²) in [6, 6.07) is 50.1. The summed E-state index contributed by atoms with van der Waals surface area (Å²) in [6.07, 6.45) is 3.56. The van der Waals surface area contributed by atoms with Gasteiger partial charge in [-0.2, -0.15) is 21.0 Å². The van der Waals surface area contributed by atoms with Crippen LogP contribution in [-0.4, -0.2) is 14.1 Å². The molecule has 10 aromatic rings. The van der Waals surface area contributed by atoms with Gasteiger partial charge in [-0.1, -0.05) is 54.6 Å². The molecule has 10 heteroatoms. The van der Waals surface area contributed by atoms with E-state index in [4.69, 9.17) is 19.7 Å². The number of fused-ring (bicyclic) bond motifs is 6. The SMILES string of the molecule is [C-]#[N+]c1cc(C#N)c(-c2ccc3c(c2)c2ccccc2n3-c2cc(C#N)ccc2-c2ccncc2-n2c3ccccc3c3cc(-c4c([N+]#[C-])cc(C#N)cc4[N+]#[C-])ccc32)c(C#N)c1. The third-order valence-corrected chi connectivity index (χ3v) is 11.6. The van der Waals surface area contributed by atoms with E-state index in [2.05, 4.69) is 52.9 Å².